The molecule has 1 aliphatic heterocycles. The predicted molar refractivity (Wildman–Crippen MR) is 117 cm³/mol. The Hall–Kier alpha value is -3.08. The molecule has 1 N–H and O–H groups in total. The van der Waals surface area contributed by atoms with Crippen LogP contribution in [0.2, 0.25) is 0 Å². The summed E-state index contributed by atoms with van der Waals surface area (Å²) in [6.07, 6.45) is 3.99. The van der Waals surface area contributed by atoms with E-state index >= 15 is 0 Å². The first kappa shape index (κ1) is 21.6. The van der Waals surface area contributed by atoms with E-state index in [2.05, 4.69) is 6.92 Å². The number of Topliss-reactive ketones (excluding diaryl/α,β-unsaturated/α-hetero) is 1. The molecule has 0 saturated carbocycles. The number of unbranched alkanes of at least 4 members (excludes halogenated alkanes) is 3. The smallest absolute Gasteiger partial charge is 0.295 e. The van der Waals surface area contributed by atoms with E-state index in [1.165, 1.54) is 0 Å². The van der Waals surface area contributed by atoms with Gasteiger partial charge < -0.3 is 14.7 Å². The van der Waals surface area contributed by atoms with Crippen molar-refractivity contribution in [1.82, 2.24) is 4.90 Å². The van der Waals surface area contributed by atoms with Crippen molar-refractivity contribution in [2.75, 3.05) is 13.7 Å². The normalized spacial score (nSPS) is 18.1. The molecule has 0 unspecified atom stereocenters. The highest BCUT2D eigenvalue weighted by Gasteiger charge is 2.45. The highest BCUT2D eigenvalue weighted by atomic mass is 16.5. The number of benzene rings is 2. The second-order valence-electron chi connectivity index (χ2n) is 7.69. The van der Waals surface area contributed by atoms with Crippen LogP contribution in [-0.4, -0.2) is 35.4 Å². The van der Waals surface area contributed by atoms with Crippen molar-refractivity contribution in [3.05, 3.63) is 70.8 Å². The highest BCUT2D eigenvalue weighted by molar-refractivity contribution is 6.46. The number of nitrogens with zero attached hydrogens (tertiary/aromatic N) is 1. The van der Waals surface area contributed by atoms with Crippen LogP contribution in [0.5, 0.6) is 5.75 Å². The molecule has 2 aromatic rings. The fourth-order valence-electron chi connectivity index (χ4n) is 3.82. The molecular formula is C25H29NO4. The van der Waals surface area contributed by atoms with E-state index in [0.29, 0.717) is 17.9 Å². The second-order valence-corrected chi connectivity index (χ2v) is 7.69. The standard InChI is InChI=1S/C25H29NO4/c1-4-5-6-7-16-26-22(18-12-14-20(30-3)15-13-18)21(24(28)25(26)29)23(27)19-10-8-17(2)9-11-19/h8-15,22,27H,4-7,16H2,1-3H3/b23-21+/t22-/m1/s1. The third-order valence-corrected chi connectivity index (χ3v) is 5.55. The van der Waals surface area contributed by atoms with Gasteiger partial charge in [-0.15, -0.1) is 0 Å². The first-order chi connectivity index (χ1) is 14.5. The SMILES string of the molecule is CCCCCCN1C(=O)C(=O)/C(=C(/O)c2ccc(C)cc2)[C@H]1c1ccc(OC)cc1. The van der Waals surface area contributed by atoms with Gasteiger partial charge in [0.05, 0.1) is 18.7 Å². The number of likely N-dealkylation sites (tertiary alicyclic amines) is 1. The average molecular weight is 408 g/mol. The minimum atomic E-state index is -0.635. The van der Waals surface area contributed by atoms with Crippen molar-refractivity contribution in [3.8, 4) is 5.75 Å². The molecule has 1 aliphatic rings. The molecule has 0 radical (unpaired) electrons. The van der Waals surface area contributed by atoms with E-state index in [1.54, 1.807) is 36.3 Å². The number of rotatable bonds is 8. The molecule has 5 heteroatoms. The lowest BCUT2D eigenvalue weighted by Crippen LogP contribution is -2.30. The van der Waals surface area contributed by atoms with Crippen LogP contribution in [-0.2, 0) is 9.59 Å². The molecule has 3 rings (SSSR count). The Morgan fingerprint density at radius 1 is 1.00 bits per heavy atom. The molecule has 1 saturated heterocycles. The number of carbonyl (C=O) groups excluding carboxylic acids is 2. The predicted octanol–water partition coefficient (Wildman–Crippen LogP) is 5.01. The zero-order chi connectivity index (χ0) is 21.7. The highest BCUT2D eigenvalue weighted by Crippen LogP contribution is 2.40. The Morgan fingerprint density at radius 2 is 1.67 bits per heavy atom. The van der Waals surface area contributed by atoms with Crippen molar-refractivity contribution in [1.29, 1.82) is 0 Å². The van der Waals surface area contributed by atoms with Gasteiger partial charge in [0.25, 0.3) is 11.7 Å². The van der Waals surface area contributed by atoms with Gasteiger partial charge in [-0.25, -0.2) is 0 Å². The van der Waals surface area contributed by atoms with Gasteiger partial charge in [-0.1, -0.05) is 68.1 Å². The van der Waals surface area contributed by atoms with E-state index in [-0.39, 0.29) is 11.3 Å². The van der Waals surface area contributed by atoms with E-state index in [4.69, 9.17) is 4.74 Å². The molecule has 158 valence electrons. The number of aliphatic hydroxyl groups is 1. The van der Waals surface area contributed by atoms with Crippen molar-refractivity contribution in [3.63, 3.8) is 0 Å². The molecular weight excluding hydrogens is 378 g/mol. The van der Waals surface area contributed by atoms with Gasteiger partial charge in [-0.05, 0) is 31.0 Å². The lowest BCUT2D eigenvalue weighted by molar-refractivity contribution is -0.139. The number of ether oxygens (including phenoxy) is 1. The number of aryl methyl sites for hydroxylation is 1. The Morgan fingerprint density at radius 3 is 2.27 bits per heavy atom. The number of aliphatic hydroxyl groups excluding tert-OH is 1. The maximum Gasteiger partial charge on any atom is 0.295 e. The maximum atomic E-state index is 13.0. The van der Waals surface area contributed by atoms with Gasteiger partial charge in [-0.2, -0.15) is 0 Å². The molecule has 30 heavy (non-hydrogen) atoms. The number of ketones is 1. The van der Waals surface area contributed by atoms with Gasteiger partial charge in [0.1, 0.15) is 11.5 Å². The summed E-state index contributed by atoms with van der Waals surface area (Å²) < 4.78 is 5.24. The average Bonchev–Trinajstić information content (AvgIpc) is 3.01. The molecule has 1 heterocycles. The van der Waals surface area contributed by atoms with Crippen LogP contribution < -0.4 is 4.74 Å². The molecule has 0 aliphatic carbocycles. The summed E-state index contributed by atoms with van der Waals surface area (Å²) in [5, 5.41) is 11.0. The third kappa shape index (κ3) is 4.40. The summed E-state index contributed by atoms with van der Waals surface area (Å²) in [5.41, 5.74) is 2.50. The van der Waals surface area contributed by atoms with Crippen LogP contribution >= 0.6 is 0 Å². The van der Waals surface area contributed by atoms with Crippen molar-refractivity contribution in [2.45, 2.75) is 45.6 Å². The van der Waals surface area contributed by atoms with Crippen molar-refractivity contribution in [2.24, 2.45) is 0 Å². The van der Waals surface area contributed by atoms with Gasteiger partial charge in [-0.3, -0.25) is 9.59 Å². The van der Waals surface area contributed by atoms with Crippen LogP contribution in [0, 0.1) is 6.92 Å². The fourth-order valence-corrected chi connectivity index (χ4v) is 3.82. The zero-order valence-corrected chi connectivity index (χ0v) is 17.9. The summed E-state index contributed by atoms with van der Waals surface area (Å²) in [4.78, 5) is 27.4. The van der Waals surface area contributed by atoms with Crippen LogP contribution in [0.15, 0.2) is 54.1 Å². The Balaban J connectivity index is 2.05. The number of amides is 1. The largest absolute Gasteiger partial charge is 0.507 e. The minimum absolute atomic E-state index is 0.134. The van der Waals surface area contributed by atoms with E-state index in [0.717, 1.165) is 36.8 Å². The lowest BCUT2D eigenvalue weighted by atomic mass is 9.95. The monoisotopic (exact) mass is 407 g/mol. The third-order valence-electron chi connectivity index (χ3n) is 5.55. The fraction of sp³-hybridized carbons (Fsp3) is 0.360. The number of hydrogen-bond acceptors (Lipinski definition) is 4. The summed E-state index contributed by atoms with van der Waals surface area (Å²) in [6.45, 7) is 4.56. The molecule has 0 aromatic heterocycles. The van der Waals surface area contributed by atoms with Crippen LogP contribution in [0.25, 0.3) is 5.76 Å². The topological polar surface area (TPSA) is 66.8 Å². The zero-order valence-electron chi connectivity index (χ0n) is 17.9. The molecule has 5 nitrogen and oxygen atoms in total. The van der Waals surface area contributed by atoms with Gasteiger partial charge in [0.15, 0.2) is 0 Å². The van der Waals surface area contributed by atoms with E-state index in [9.17, 15) is 14.7 Å². The molecule has 1 amide bonds. The van der Waals surface area contributed by atoms with Crippen molar-refractivity contribution >= 4 is 17.4 Å². The van der Waals surface area contributed by atoms with E-state index in [1.807, 2.05) is 31.2 Å². The molecule has 1 fully saturated rings. The van der Waals surface area contributed by atoms with E-state index < -0.39 is 17.7 Å². The maximum absolute atomic E-state index is 13.0. The van der Waals surface area contributed by atoms with Gasteiger partial charge >= 0.3 is 0 Å². The second kappa shape index (κ2) is 9.61. The summed E-state index contributed by atoms with van der Waals surface area (Å²) in [7, 11) is 1.59. The first-order valence-corrected chi connectivity index (χ1v) is 10.5. The van der Waals surface area contributed by atoms with Crippen LogP contribution in [0.4, 0.5) is 0 Å². The summed E-state index contributed by atoms with van der Waals surface area (Å²) in [5.74, 6) is -0.632. The van der Waals surface area contributed by atoms with Gasteiger partial charge in [0, 0.05) is 12.1 Å². The summed E-state index contributed by atoms with van der Waals surface area (Å²) >= 11 is 0. The summed E-state index contributed by atoms with van der Waals surface area (Å²) in [6, 6.07) is 14.0. The number of carbonyl (C=O) groups is 2. The Kier molecular flexibility index (Phi) is 6.93. The van der Waals surface area contributed by atoms with Crippen LogP contribution in [0.1, 0.15) is 55.3 Å². The van der Waals surface area contributed by atoms with Crippen molar-refractivity contribution < 1.29 is 19.4 Å². The Bertz CT molecular complexity index is 929. The molecule has 0 bridgehead atoms. The first-order valence-electron chi connectivity index (χ1n) is 10.5. The molecule has 2 aromatic carbocycles. The quantitative estimate of drug-likeness (QED) is 0.289. The number of methoxy groups -OCH3 is 1. The lowest BCUT2D eigenvalue weighted by Gasteiger charge is -2.25. The Labute approximate surface area is 178 Å². The number of hydrogen-bond donors (Lipinski definition) is 1. The molecule has 0 spiro atoms. The molecule has 1 atom stereocenters. The minimum Gasteiger partial charge on any atom is -0.507 e. The van der Waals surface area contributed by atoms with Gasteiger partial charge in [0.2, 0.25) is 0 Å². The van der Waals surface area contributed by atoms with Crippen LogP contribution in [0.3, 0.4) is 0 Å².